The van der Waals surface area contributed by atoms with E-state index in [0.717, 1.165) is 25.0 Å². The van der Waals surface area contributed by atoms with E-state index >= 15 is 0 Å². The standard InChI is InChI=1S/C15H25NO3/c1-6-8-11(5)14-16-12(9-10(3)4)13(19-14)15(17)18-7-2/h10-11H,6-9H2,1-5H3. The summed E-state index contributed by atoms with van der Waals surface area (Å²) >= 11 is 0. The minimum Gasteiger partial charge on any atom is -0.460 e. The predicted octanol–water partition coefficient (Wildman–Crippen LogP) is 3.95. The molecule has 0 aromatic carbocycles. The highest BCUT2D eigenvalue weighted by molar-refractivity contribution is 5.87. The third kappa shape index (κ3) is 4.37. The van der Waals surface area contributed by atoms with Crippen LogP contribution in [-0.2, 0) is 11.2 Å². The van der Waals surface area contributed by atoms with Crippen LogP contribution in [0.15, 0.2) is 4.42 Å². The number of carbonyl (C=O) groups excluding carboxylic acids is 1. The van der Waals surface area contributed by atoms with Gasteiger partial charge in [0.1, 0.15) is 0 Å². The molecule has 4 nitrogen and oxygen atoms in total. The second-order valence-electron chi connectivity index (χ2n) is 5.34. The summed E-state index contributed by atoms with van der Waals surface area (Å²) in [5.41, 5.74) is 0.728. The van der Waals surface area contributed by atoms with Crippen molar-refractivity contribution in [2.75, 3.05) is 6.61 Å². The Hall–Kier alpha value is -1.32. The highest BCUT2D eigenvalue weighted by Crippen LogP contribution is 2.24. The van der Waals surface area contributed by atoms with Gasteiger partial charge in [-0.2, -0.15) is 0 Å². The van der Waals surface area contributed by atoms with E-state index in [1.165, 1.54) is 0 Å². The number of esters is 1. The monoisotopic (exact) mass is 267 g/mol. The minimum absolute atomic E-state index is 0.235. The number of carbonyl (C=O) groups is 1. The Morgan fingerprint density at radius 2 is 2.00 bits per heavy atom. The summed E-state index contributed by atoms with van der Waals surface area (Å²) < 4.78 is 10.7. The molecule has 0 aliphatic carbocycles. The van der Waals surface area contributed by atoms with Crippen molar-refractivity contribution in [3.05, 3.63) is 17.3 Å². The maximum absolute atomic E-state index is 11.9. The topological polar surface area (TPSA) is 52.3 Å². The van der Waals surface area contributed by atoms with E-state index in [1.807, 2.05) is 0 Å². The van der Waals surface area contributed by atoms with Gasteiger partial charge in [0.05, 0.1) is 12.3 Å². The van der Waals surface area contributed by atoms with Crippen LogP contribution in [0.3, 0.4) is 0 Å². The number of rotatable bonds is 7. The van der Waals surface area contributed by atoms with Crippen molar-refractivity contribution in [1.29, 1.82) is 0 Å². The van der Waals surface area contributed by atoms with E-state index in [9.17, 15) is 4.79 Å². The molecule has 1 aromatic heterocycles. The highest BCUT2D eigenvalue weighted by atomic mass is 16.5. The van der Waals surface area contributed by atoms with E-state index in [2.05, 4.69) is 32.7 Å². The van der Waals surface area contributed by atoms with E-state index in [4.69, 9.17) is 9.15 Å². The average molecular weight is 267 g/mol. The molecule has 1 rings (SSSR count). The van der Waals surface area contributed by atoms with Crippen LogP contribution in [0.5, 0.6) is 0 Å². The largest absolute Gasteiger partial charge is 0.460 e. The molecule has 0 aliphatic heterocycles. The molecule has 0 saturated carbocycles. The summed E-state index contributed by atoms with van der Waals surface area (Å²) in [6, 6.07) is 0. The number of oxazole rings is 1. The fraction of sp³-hybridized carbons (Fsp3) is 0.733. The van der Waals surface area contributed by atoms with Crippen LogP contribution in [-0.4, -0.2) is 17.6 Å². The van der Waals surface area contributed by atoms with Crippen LogP contribution in [0.2, 0.25) is 0 Å². The van der Waals surface area contributed by atoms with E-state index in [-0.39, 0.29) is 11.7 Å². The van der Waals surface area contributed by atoms with Gasteiger partial charge in [0.15, 0.2) is 5.89 Å². The number of hydrogen-bond donors (Lipinski definition) is 0. The van der Waals surface area contributed by atoms with Crippen molar-refractivity contribution in [1.82, 2.24) is 4.98 Å². The van der Waals surface area contributed by atoms with Gasteiger partial charge in [-0.25, -0.2) is 9.78 Å². The SMILES string of the molecule is CCCC(C)c1nc(CC(C)C)c(C(=O)OCC)o1. The molecular weight excluding hydrogens is 242 g/mol. The van der Waals surface area contributed by atoms with E-state index < -0.39 is 5.97 Å². The van der Waals surface area contributed by atoms with Gasteiger partial charge in [-0.05, 0) is 25.7 Å². The molecule has 0 saturated heterocycles. The van der Waals surface area contributed by atoms with Crippen LogP contribution >= 0.6 is 0 Å². The van der Waals surface area contributed by atoms with Crippen molar-refractivity contribution in [3.8, 4) is 0 Å². The molecule has 0 bridgehead atoms. The van der Waals surface area contributed by atoms with Gasteiger partial charge >= 0.3 is 5.97 Å². The number of aromatic nitrogens is 1. The lowest BCUT2D eigenvalue weighted by Crippen LogP contribution is -2.08. The third-order valence-electron chi connectivity index (χ3n) is 2.92. The molecule has 4 heteroatoms. The number of hydrogen-bond acceptors (Lipinski definition) is 4. The maximum atomic E-state index is 11.9. The first-order valence-electron chi connectivity index (χ1n) is 7.16. The van der Waals surface area contributed by atoms with Crippen LogP contribution in [0.25, 0.3) is 0 Å². The van der Waals surface area contributed by atoms with Crippen molar-refractivity contribution in [3.63, 3.8) is 0 Å². The lowest BCUT2D eigenvalue weighted by atomic mass is 10.1. The summed E-state index contributed by atoms with van der Waals surface area (Å²) in [6.07, 6.45) is 2.80. The van der Waals surface area contributed by atoms with E-state index in [0.29, 0.717) is 18.4 Å². The zero-order chi connectivity index (χ0) is 14.4. The average Bonchev–Trinajstić information content (AvgIpc) is 2.73. The third-order valence-corrected chi connectivity index (χ3v) is 2.92. The van der Waals surface area contributed by atoms with Crippen LogP contribution in [0.1, 0.15) is 75.5 Å². The van der Waals surface area contributed by atoms with Crippen molar-refractivity contribution < 1.29 is 13.9 Å². The van der Waals surface area contributed by atoms with Gasteiger partial charge < -0.3 is 9.15 Å². The summed E-state index contributed by atoms with van der Waals surface area (Å²) in [6.45, 7) is 10.5. The molecule has 0 N–H and O–H groups in total. The molecule has 0 amide bonds. The van der Waals surface area contributed by atoms with Crippen molar-refractivity contribution in [2.24, 2.45) is 5.92 Å². The summed E-state index contributed by atoms with van der Waals surface area (Å²) in [7, 11) is 0. The summed E-state index contributed by atoms with van der Waals surface area (Å²) in [5, 5.41) is 0. The molecule has 1 heterocycles. The molecule has 1 aromatic rings. The smallest absolute Gasteiger partial charge is 0.376 e. The first-order valence-corrected chi connectivity index (χ1v) is 7.16. The quantitative estimate of drug-likeness (QED) is 0.702. The first kappa shape index (κ1) is 15.7. The molecule has 0 fully saturated rings. The Morgan fingerprint density at radius 1 is 1.32 bits per heavy atom. The second-order valence-corrected chi connectivity index (χ2v) is 5.34. The Morgan fingerprint density at radius 3 is 2.53 bits per heavy atom. The first-order chi connectivity index (χ1) is 8.99. The lowest BCUT2D eigenvalue weighted by molar-refractivity contribution is 0.0485. The second kappa shape index (κ2) is 7.31. The Labute approximate surface area is 115 Å². The van der Waals surface area contributed by atoms with Gasteiger partial charge in [0, 0.05) is 5.92 Å². The highest BCUT2D eigenvalue weighted by Gasteiger charge is 2.24. The fourth-order valence-electron chi connectivity index (χ4n) is 2.02. The number of ether oxygens (including phenoxy) is 1. The maximum Gasteiger partial charge on any atom is 0.376 e. The number of nitrogens with zero attached hydrogens (tertiary/aromatic N) is 1. The molecular formula is C15H25NO3. The van der Waals surface area contributed by atoms with Gasteiger partial charge in [0.25, 0.3) is 0 Å². The van der Waals surface area contributed by atoms with Crippen molar-refractivity contribution in [2.45, 2.75) is 59.8 Å². The zero-order valence-electron chi connectivity index (χ0n) is 12.7. The molecule has 1 atom stereocenters. The Balaban J connectivity index is 3.01. The van der Waals surface area contributed by atoms with E-state index in [1.54, 1.807) is 6.92 Å². The molecule has 1 unspecified atom stereocenters. The fourth-order valence-corrected chi connectivity index (χ4v) is 2.02. The predicted molar refractivity (Wildman–Crippen MR) is 74.3 cm³/mol. The zero-order valence-corrected chi connectivity index (χ0v) is 12.7. The van der Waals surface area contributed by atoms with Crippen LogP contribution < -0.4 is 0 Å². The summed E-state index contributed by atoms with van der Waals surface area (Å²) in [4.78, 5) is 16.4. The minimum atomic E-state index is -0.402. The van der Waals surface area contributed by atoms with Gasteiger partial charge in [0.2, 0.25) is 5.76 Å². The van der Waals surface area contributed by atoms with Gasteiger partial charge in [-0.15, -0.1) is 0 Å². The van der Waals surface area contributed by atoms with Crippen LogP contribution in [0.4, 0.5) is 0 Å². The normalized spacial score (nSPS) is 12.7. The van der Waals surface area contributed by atoms with Crippen LogP contribution in [0, 0.1) is 5.92 Å². The lowest BCUT2D eigenvalue weighted by Gasteiger charge is -2.03. The van der Waals surface area contributed by atoms with Crippen molar-refractivity contribution >= 4 is 5.97 Å². The molecule has 19 heavy (non-hydrogen) atoms. The Bertz CT molecular complexity index is 410. The Kier molecular flexibility index (Phi) is 6.06. The molecule has 0 spiro atoms. The van der Waals surface area contributed by atoms with Gasteiger partial charge in [-0.3, -0.25) is 0 Å². The molecule has 0 aliphatic rings. The molecule has 108 valence electrons. The van der Waals surface area contributed by atoms with Gasteiger partial charge in [-0.1, -0.05) is 34.1 Å². The summed E-state index contributed by atoms with van der Waals surface area (Å²) in [5.74, 6) is 1.20. The molecule has 0 radical (unpaired) electrons.